The van der Waals surface area contributed by atoms with E-state index >= 15 is 0 Å². The van der Waals surface area contributed by atoms with Crippen LogP contribution in [0.4, 0.5) is 13.2 Å². The zero-order valence-corrected chi connectivity index (χ0v) is 7.98. The van der Waals surface area contributed by atoms with Crippen molar-refractivity contribution in [1.82, 2.24) is 4.31 Å². The Kier molecular flexibility index (Phi) is 3.07. The molecule has 4 nitrogen and oxygen atoms in total. The van der Waals surface area contributed by atoms with Gasteiger partial charge in [0.05, 0.1) is 0 Å². The van der Waals surface area contributed by atoms with Crippen LogP contribution in [-0.4, -0.2) is 43.0 Å². The van der Waals surface area contributed by atoms with Gasteiger partial charge in [0.1, 0.15) is 0 Å². The summed E-state index contributed by atoms with van der Waals surface area (Å²) in [5.74, 6) is -0.382. The molecule has 1 unspecified atom stereocenters. The molecule has 1 aliphatic heterocycles. The van der Waals surface area contributed by atoms with E-state index in [4.69, 9.17) is 5.11 Å². The van der Waals surface area contributed by atoms with Crippen molar-refractivity contribution in [2.24, 2.45) is 5.92 Å². The van der Waals surface area contributed by atoms with Crippen molar-refractivity contribution < 1.29 is 26.7 Å². The highest BCUT2D eigenvalue weighted by Gasteiger charge is 2.51. The maximum Gasteiger partial charge on any atom is 0.511 e. The van der Waals surface area contributed by atoms with E-state index in [9.17, 15) is 21.6 Å². The molecule has 0 saturated carbocycles. The second-order valence-corrected chi connectivity index (χ2v) is 5.08. The largest absolute Gasteiger partial charge is 0.511 e. The first-order valence-corrected chi connectivity index (χ1v) is 5.40. The second-order valence-electron chi connectivity index (χ2n) is 3.15. The van der Waals surface area contributed by atoms with Crippen LogP contribution in [0.3, 0.4) is 0 Å². The molecule has 84 valence electrons. The highest BCUT2D eigenvalue weighted by atomic mass is 32.2. The fourth-order valence-electron chi connectivity index (χ4n) is 1.31. The monoisotopic (exact) mass is 233 g/mol. The van der Waals surface area contributed by atoms with Crippen LogP contribution in [0.1, 0.15) is 6.42 Å². The molecule has 0 aromatic carbocycles. The van der Waals surface area contributed by atoms with Crippen LogP contribution in [0.15, 0.2) is 0 Å². The lowest BCUT2D eigenvalue weighted by Crippen LogP contribution is -2.39. The number of hydrogen-bond donors (Lipinski definition) is 1. The molecule has 1 N–H and O–H groups in total. The molecular formula is C6H10F3NO3S. The molecule has 0 spiro atoms. The SMILES string of the molecule is O=S(=O)(N1CCC(CO)C1)C(F)(F)F. The highest BCUT2D eigenvalue weighted by molar-refractivity contribution is 7.90. The number of aliphatic hydroxyl groups excluding tert-OH is 1. The predicted octanol–water partition coefficient (Wildman–Crippen LogP) is 0.150. The van der Waals surface area contributed by atoms with E-state index in [1.54, 1.807) is 0 Å². The van der Waals surface area contributed by atoms with E-state index in [2.05, 4.69) is 0 Å². The Balaban J connectivity index is 2.77. The van der Waals surface area contributed by atoms with Crippen LogP contribution in [0.2, 0.25) is 0 Å². The molecule has 0 bridgehead atoms. The van der Waals surface area contributed by atoms with Crippen LogP contribution >= 0.6 is 0 Å². The third-order valence-corrected chi connectivity index (χ3v) is 3.74. The van der Waals surface area contributed by atoms with Gasteiger partial charge in [-0.3, -0.25) is 0 Å². The minimum Gasteiger partial charge on any atom is -0.396 e. The van der Waals surface area contributed by atoms with E-state index in [1.165, 1.54) is 0 Å². The summed E-state index contributed by atoms with van der Waals surface area (Å²) in [6.45, 7) is -0.713. The Morgan fingerprint density at radius 3 is 2.36 bits per heavy atom. The smallest absolute Gasteiger partial charge is 0.396 e. The van der Waals surface area contributed by atoms with Crippen molar-refractivity contribution in [3.05, 3.63) is 0 Å². The number of alkyl halides is 3. The van der Waals surface area contributed by atoms with Crippen LogP contribution in [0, 0.1) is 5.92 Å². The molecule has 1 saturated heterocycles. The van der Waals surface area contributed by atoms with E-state index in [-0.39, 0.29) is 32.0 Å². The first-order chi connectivity index (χ1) is 6.29. The fourth-order valence-corrected chi connectivity index (χ4v) is 2.36. The van der Waals surface area contributed by atoms with Crippen molar-refractivity contribution >= 4 is 10.0 Å². The van der Waals surface area contributed by atoms with Gasteiger partial charge < -0.3 is 5.11 Å². The molecule has 0 aromatic heterocycles. The van der Waals surface area contributed by atoms with E-state index < -0.39 is 15.5 Å². The number of nitrogens with zero attached hydrogens (tertiary/aromatic N) is 1. The zero-order valence-electron chi connectivity index (χ0n) is 7.16. The fraction of sp³-hybridized carbons (Fsp3) is 1.00. The molecule has 0 amide bonds. The average molecular weight is 233 g/mol. The van der Waals surface area contributed by atoms with Crippen molar-refractivity contribution in [2.45, 2.75) is 11.9 Å². The van der Waals surface area contributed by atoms with Crippen LogP contribution in [0.5, 0.6) is 0 Å². The number of sulfonamides is 1. The molecule has 1 atom stereocenters. The maximum absolute atomic E-state index is 12.0. The van der Waals surface area contributed by atoms with E-state index in [1.807, 2.05) is 0 Å². The summed E-state index contributed by atoms with van der Waals surface area (Å²) in [6, 6.07) is 0. The average Bonchev–Trinajstić information content (AvgIpc) is 2.49. The van der Waals surface area contributed by atoms with Crippen LogP contribution in [-0.2, 0) is 10.0 Å². The molecule has 1 fully saturated rings. The van der Waals surface area contributed by atoms with Crippen LogP contribution < -0.4 is 0 Å². The molecule has 1 rings (SSSR count). The molecule has 1 aliphatic rings. The Labute approximate surface area is 79.4 Å². The minimum atomic E-state index is -5.24. The van der Waals surface area contributed by atoms with Gasteiger partial charge in [-0.15, -0.1) is 0 Å². The van der Waals surface area contributed by atoms with Gasteiger partial charge in [-0.25, -0.2) is 8.42 Å². The number of halogens is 3. The summed E-state index contributed by atoms with van der Waals surface area (Å²) >= 11 is 0. The van der Waals surface area contributed by atoms with Gasteiger partial charge in [0, 0.05) is 19.7 Å². The lowest BCUT2D eigenvalue weighted by molar-refractivity contribution is -0.0484. The molecule has 0 radical (unpaired) electrons. The quantitative estimate of drug-likeness (QED) is 0.738. The third-order valence-electron chi connectivity index (χ3n) is 2.14. The number of hydrogen-bond acceptors (Lipinski definition) is 3. The highest BCUT2D eigenvalue weighted by Crippen LogP contribution is 2.30. The maximum atomic E-state index is 12.0. The van der Waals surface area contributed by atoms with Crippen molar-refractivity contribution in [1.29, 1.82) is 0 Å². The summed E-state index contributed by atoms with van der Waals surface area (Å²) in [6.07, 6.45) is 0.270. The Hall–Kier alpha value is -0.340. The first-order valence-electron chi connectivity index (χ1n) is 3.96. The second kappa shape index (κ2) is 3.67. The molecule has 0 aromatic rings. The number of aliphatic hydroxyl groups is 1. The lowest BCUT2D eigenvalue weighted by Gasteiger charge is -2.17. The Morgan fingerprint density at radius 2 is 2.00 bits per heavy atom. The standard InChI is InChI=1S/C6H10F3NO3S/c7-6(8,9)14(12,13)10-2-1-5(3-10)4-11/h5,11H,1-4H2. The summed E-state index contributed by atoms with van der Waals surface area (Å²) in [5, 5.41) is 8.65. The van der Waals surface area contributed by atoms with Gasteiger partial charge in [-0.1, -0.05) is 0 Å². The van der Waals surface area contributed by atoms with Crippen molar-refractivity contribution in [2.75, 3.05) is 19.7 Å². The summed E-state index contributed by atoms with van der Waals surface area (Å²) in [5.41, 5.74) is -5.24. The summed E-state index contributed by atoms with van der Waals surface area (Å²) in [7, 11) is -5.20. The first kappa shape index (κ1) is 11.7. The zero-order chi connectivity index (χ0) is 11.0. The third kappa shape index (κ3) is 2.01. The molecular weight excluding hydrogens is 223 g/mol. The van der Waals surface area contributed by atoms with Crippen LogP contribution in [0.25, 0.3) is 0 Å². The van der Waals surface area contributed by atoms with Crippen molar-refractivity contribution in [3.63, 3.8) is 0 Å². The van der Waals surface area contributed by atoms with E-state index in [0.717, 1.165) is 0 Å². The topological polar surface area (TPSA) is 57.6 Å². The minimum absolute atomic E-state index is 0.174. The van der Waals surface area contributed by atoms with Gasteiger partial charge in [-0.2, -0.15) is 17.5 Å². The molecule has 1 heterocycles. The Bertz CT molecular complexity index is 300. The summed E-state index contributed by atoms with van der Waals surface area (Å²) in [4.78, 5) is 0. The predicted molar refractivity (Wildman–Crippen MR) is 41.7 cm³/mol. The lowest BCUT2D eigenvalue weighted by atomic mass is 10.1. The normalized spacial score (nSPS) is 25.6. The van der Waals surface area contributed by atoms with Gasteiger partial charge in [0.2, 0.25) is 0 Å². The molecule has 8 heteroatoms. The van der Waals surface area contributed by atoms with Gasteiger partial charge in [-0.05, 0) is 12.3 Å². The van der Waals surface area contributed by atoms with Gasteiger partial charge >= 0.3 is 15.5 Å². The van der Waals surface area contributed by atoms with Gasteiger partial charge in [0.15, 0.2) is 0 Å². The summed E-state index contributed by atoms with van der Waals surface area (Å²) < 4.78 is 58.1. The number of rotatable bonds is 2. The van der Waals surface area contributed by atoms with E-state index in [0.29, 0.717) is 4.31 Å². The van der Waals surface area contributed by atoms with Crippen molar-refractivity contribution in [3.8, 4) is 0 Å². The molecule has 0 aliphatic carbocycles. The molecule has 14 heavy (non-hydrogen) atoms. The Morgan fingerprint density at radius 1 is 1.43 bits per heavy atom. The van der Waals surface area contributed by atoms with Gasteiger partial charge in [0.25, 0.3) is 0 Å².